The monoisotopic (exact) mass is 771 g/mol. The Labute approximate surface area is 303 Å². The van der Waals surface area contributed by atoms with Crippen LogP contribution in [0.1, 0.15) is 63.1 Å². The normalized spacial score (nSPS) is 11.9. The Kier molecular flexibility index (Phi) is 9.36. The molecule has 0 radical (unpaired) electrons. The molecule has 0 aliphatic heterocycles. The Hall–Kier alpha value is -4.58. The highest BCUT2D eigenvalue weighted by Crippen LogP contribution is 2.48. The number of carbonyl (C=O) groups is 2. The third-order valence-corrected chi connectivity index (χ3v) is 11.7. The lowest BCUT2D eigenvalue weighted by Gasteiger charge is -2.21. The van der Waals surface area contributed by atoms with Gasteiger partial charge in [0.2, 0.25) is 0 Å². The van der Waals surface area contributed by atoms with Crippen molar-refractivity contribution in [2.75, 3.05) is 0 Å². The summed E-state index contributed by atoms with van der Waals surface area (Å²) < 4.78 is 46.7. The average Bonchev–Trinajstić information content (AvgIpc) is 3.36. The first-order chi connectivity index (χ1) is 23.6. The zero-order chi connectivity index (χ0) is 36.1. The van der Waals surface area contributed by atoms with Gasteiger partial charge in [-0.1, -0.05) is 24.3 Å². The molecule has 0 unspecified atom stereocenters. The molecule has 4 aromatic carbocycles. The van der Waals surface area contributed by atoms with Crippen LogP contribution in [0.25, 0.3) is 32.0 Å². The molecule has 0 bridgehead atoms. The summed E-state index contributed by atoms with van der Waals surface area (Å²) in [4.78, 5) is 30.9. The Bertz CT molecular complexity index is 2420. The van der Waals surface area contributed by atoms with E-state index in [1.165, 1.54) is 41.0 Å². The van der Waals surface area contributed by atoms with Gasteiger partial charge in [0, 0.05) is 33.2 Å². The second-order valence-electron chi connectivity index (χ2n) is 13.0. The van der Waals surface area contributed by atoms with E-state index in [0.717, 1.165) is 42.5 Å². The molecule has 11 heteroatoms. The van der Waals surface area contributed by atoms with Gasteiger partial charge in [-0.2, -0.15) is 8.42 Å². The van der Waals surface area contributed by atoms with Gasteiger partial charge in [-0.05, 0) is 139 Å². The second kappa shape index (κ2) is 13.3. The van der Waals surface area contributed by atoms with Crippen molar-refractivity contribution in [3.63, 3.8) is 0 Å². The summed E-state index contributed by atoms with van der Waals surface area (Å²) in [6.45, 7) is 12.9. The van der Waals surface area contributed by atoms with Crippen LogP contribution in [-0.4, -0.2) is 30.9 Å². The number of hydrogen-bond acceptors (Lipinski definition) is 9. The van der Waals surface area contributed by atoms with Gasteiger partial charge in [0.1, 0.15) is 27.6 Å². The quantitative estimate of drug-likeness (QED) is 0.0897. The number of benzene rings is 4. The molecule has 2 aromatic heterocycles. The van der Waals surface area contributed by atoms with Crippen LogP contribution in [0, 0.1) is 27.7 Å². The van der Waals surface area contributed by atoms with E-state index in [-0.39, 0.29) is 27.5 Å². The summed E-state index contributed by atoms with van der Waals surface area (Å²) in [5, 5.41) is 3.31. The van der Waals surface area contributed by atoms with Gasteiger partial charge in [0.25, 0.3) is 0 Å². The third-order valence-electron chi connectivity index (χ3n) is 8.17. The number of pyridine rings is 1. The molecular formula is C39H34BrNO7S2. The summed E-state index contributed by atoms with van der Waals surface area (Å²) in [6, 6.07) is 18.7. The molecular weight excluding hydrogens is 738 g/mol. The fourth-order valence-corrected chi connectivity index (χ4v) is 8.77. The predicted molar refractivity (Wildman–Crippen MR) is 200 cm³/mol. The molecule has 0 fully saturated rings. The highest BCUT2D eigenvalue weighted by atomic mass is 79.9. The van der Waals surface area contributed by atoms with E-state index in [4.69, 9.17) is 13.7 Å². The second-order valence-corrected chi connectivity index (χ2v) is 16.6. The topological polar surface area (TPSA) is 109 Å². The number of aromatic nitrogens is 1. The molecule has 0 aliphatic carbocycles. The number of ether oxygens (including phenoxy) is 2. The fraction of sp³-hybridized carbons (Fsp3) is 0.205. The van der Waals surface area contributed by atoms with Gasteiger partial charge in [-0.25, -0.2) is 9.59 Å². The lowest BCUT2D eigenvalue weighted by molar-refractivity contribution is 0.00666. The standard InChI is InChI=1S/C39H34BrNO7S2/c1-21-17-26(33-28-12-8-9-13-29(28)34(40)36-32(33)23(3)24(4)49-36)18-22(2)35(21)48-50(44,45)27-14-15-30(38(43)47-39(5,6)7)31(19-27)46-37(42)25-11-10-16-41-20-25/h8-20H,1-7H3. The minimum absolute atomic E-state index is 0.113. The number of rotatable bonds is 7. The van der Waals surface area contributed by atoms with Crippen molar-refractivity contribution in [3.8, 4) is 22.6 Å². The maximum atomic E-state index is 13.8. The third kappa shape index (κ3) is 6.77. The van der Waals surface area contributed by atoms with Gasteiger partial charge in [0.05, 0.1) is 10.3 Å². The van der Waals surface area contributed by atoms with Gasteiger partial charge in [0.15, 0.2) is 0 Å². The number of halogens is 1. The lowest BCUT2D eigenvalue weighted by atomic mass is 9.91. The molecule has 256 valence electrons. The molecule has 0 N–H and O–H groups in total. The highest BCUT2D eigenvalue weighted by molar-refractivity contribution is 9.11. The fourth-order valence-electron chi connectivity index (χ4n) is 5.80. The zero-order valence-corrected chi connectivity index (χ0v) is 31.7. The summed E-state index contributed by atoms with van der Waals surface area (Å²) >= 11 is 5.60. The molecule has 0 saturated heterocycles. The van der Waals surface area contributed by atoms with E-state index in [0.29, 0.717) is 11.1 Å². The Morgan fingerprint density at radius 2 is 1.54 bits per heavy atom. The van der Waals surface area contributed by atoms with Crippen molar-refractivity contribution in [2.45, 2.75) is 59.0 Å². The van der Waals surface area contributed by atoms with Gasteiger partial charge >= 0.3 is 22.1 Å². The molecule has 8 nitrogen and oxygen atoms in total. The smallest absolute Gasteiger partial charge is 0.345 e. The van der Waals surface area contributed by atoms with Crippen molar-refractivity contribution in [3.05, 3.63) is 116 Å². The van der Waals surface area contributed by atoms with Crippen LogP contribution in [0.2, 0.25) is 0 Å². The summed E-state index contributed by atoms with van der Waals surface area (Å²) in [7, 11) is -4.47. The molecule has 6 aromatic rings. The van der Waals surface area contributed by atoms with Crippen LogP contribution >= 0.6 is 27.3 Å². The molecule has 2 heterocycles. The van der Waals surface area contributed by atoms with Crippen LogP contribution in [0.15, 0.2) is 88.5 Å². The van der Waals surface area contributed by atoms with Crippen molar-refractivity contribution in [1.29, 1.82) is 0 Å². The van der Waals surface area contributed by atoms with Crippen molar-refractivity contribution >= 4 is 70.2 Å². The predicted octanol–water partition coefficient (Wildman–Crippen LogP) is 10.1. The number of esters is 2. The minimum Gasteiger partial charge on any atom is -0.456 e. The van der Waals surface area contributed by atoms with E-state index in [1.807, 2.05) is 24.3 Å². The number of thiophene rings is 1. The van der Waals surface area contributed by atoms with Gasteiger partial charge in [-0.3, -0.25) is 4.98 Å². The molecule has 0 atom stereocenters. The van der Waals surface area contributed by atoms with E-state index < -0.39 is 27.7 Å². The highest BCUT2D eigenvalue weighted by Gasteiger charge is 2.28. The Morgan fingerprint density at radius 1 is 0.860 bits per heavy atom. The van der Waals surface area contributed by atoms with Crippen LogP contribution < -0.4 is 8.92 Å². The van der Waals surface area contributed by atoms with E-state index >= 15 is 0 Å². The minimum atomic E-state index is -4.47. The van der Waals surface area contributed by atoms with Gasteiger partial charge in [-0.15, -0.1) is 11.3 Å². The molecule has 0 aliphatic rings. The first-order valence-corrected chi connectivity index (χ1v) is 18.7. The van der Waals surface area contributed by atoms with Crippen LogP contribution in [0.4, 0.5) is 0 Å². The SMILES string of the molecule is Cc1cc(-c2c3ccccc3c(Br)c3sc(C)c(C)c23)cc(C)c1OS(=O)(=O)c1ccc(C(=O)OC(C)(C)C)c(OC(=O)c2cccnc2)c1. The number of fused-ring (bicyclic) bond motifs is 2. The molecule has 0 spiro atoms. The van der Waals surface area contributed by atoms with E-state index in [1.54, 1.807) is 52.0 Å². The Balaban J connectivity index is 1.41. The first-order valence-electron chi connectivity index (χ1n) is 15.7. The lowest BCUT2D eigenvalue weighted by Crippen LogP contribution is -2.25. The molecule has 6 rings (SSSR count). The molecule has 50 heavy (non-hydrogen) atoms. The number of aryl methyl sites for hydroxylation is 4. The zero-order valence-electron chi connectivity index (χ0n) is 28.5. The van der Waals surface area contributed by atoms with Gasteiger partial charge < -0.3 is 13.7 Å². The maximum Gasteiger partial charge on any atom is 0.345 e. The van der Waals surface area contributed by atoms with Crippen molar-refractivity contribution < 1.29 is 31.7 Å². The number of hydrogen-bond donors (Lipinski definition) is 0. The van der Waals surface area contributed by atoms with Crippen molar-refractivity contribution in [2.24, 2.45) is 0 Å². The number of nitrogens with zero attached hydrogens (tertiary/aromatic N) is 1. The maximum absolute atomic E-state index is 13.8. The summed E-state index contributed by atoms with van der Waals surface area (Å²) in [5.41, 5.74) is 3.56. The van der Waals surface area contributed by atoms with Crippen LogP contribution in [0.3, 0.4) is 0 Å². The summed E-state index contributed by atoms with van der Waals surface area (Å²) in [5.74, 6) is -1.74. The molecule has 0 amide bonds. The van der Waals surface area contributed by atoms with Crippen LogP contribution in [0.5, 0.6) is 11.5 Å². The van der Waals surface area contributed by atoms with Crippen LogP contribution in [-0.2, 0) is 14.9 Å². The van der Waals surface area contributed by atoms with E-state index in [2.05, 4.69) is 46.9 Å². The first kappa shape index (κ1) is 35.3. The summed E-state index contributed by atoms with van der Waals surface area (Å²) in [6.07, 6.45) is 2.80. The molecule has 0 saturated carbocycles. The van der Waals surface area contributed by atoms with Crippen molar-refractivity contribution in [1.82, 2.24) is 4.98 Å². The largest absolute Gasteiger partial charge is 0.456 e. The van der Waals surface area contributed by atoms with E-state index in [9.17, 15) is 18.0 Å². The number of carbonyl (C=O) groups excluding carboxylic acids is 2. The Morgan fingerprint density at radius 3 is 2.18 bits per heavy atom. The average molecular weight is 773 g/mol.